The Balaban J connectivity index is 2.08. The molecule has 1 aliphatic heterocycles. The predicted octanol–water partition coefficient (Wildman–Crippen LogP) is 4.04. The van der Waals surface area contributed by atoms with Crippen LogP contribution in [-0.2, 0) is 0 Å². The van der Waals surface area contributed by atoms with E-state index in [1.807, 2.05) is 30.3 Å². The van der Waals surface area contributed by atoms with E-state index < -0.39 is 0 Å². The molecule has 0 N–H and O–H groups in total. The Kier molecular flexibility index (Phi) is 2.00. The van der Waals surface area contributed by atoms with Crippen LogP contribution in [0.2, 0.25) is 0 Å². The van der Waals surface area contributed by atoms with Crippen LogP contribution in [0.1, 0.15) is 17.0 Å². The Labute approximate surface area is 111 Å². The molecule has 0 fully saturated rings. The van der Waals surface area contributed by atoms with Gasteiger partial charge in [0.2, 0.25) is 0 Å². The van der Waals surface area contributed by atoms with Crippen molar-refractivity contribution < 1.29 is 0 Å². The molecule has 0 bridgehead atoms. The van der Waals surface area contributed by atoms with Crippen LogP contribution in [0.3, 0.4) is 0 Å². The molecule has 0 saturated carbocycles. The smallest absolute Gasteiger partial charge is 0.145 e. The third kappa shape index (κ3) is 1.40. The first-order chi connectivity index (χ1) is 9.34. The van der Waals surface area contributed by atoms with Gasteiger partial charge in [-0.05, 0) is 29.3 Å². The number of hydrogen-bond donors (Lipinski definition) is 0. The van der Waals surface area contributed by atoms with Crippen LogP contribution in [0.25, 0.3) is 28.9 Å². The van der Waals surface area contributed by atoms with Gasteiger partial charge in [-0.1, -0.05) is 43.0 Å². The van der Waals surface area contributed by atoms with E-state index in [0.717, 1.165) is 28.0 Å². The number of rotatable bonds is 0. The highest BCUT2D eigenvalue weighted by atomic mass is 15.1. The fourth-order valence-electron chi connectivity index (χ4n) is 2.60. The second-order valence-electron chi connectivity index (χ2n) is 4.68. The van der Waals surface area contributed by atoms with Crippen LogP contribution < -0.4 is 0 Å². The summed E-state index contributed by atoms with van der Waals surface area (Å²) in [4.78, 5) is 4.71. The molecule has 1 aliphatic rings. The Morgan fingerprint density at radius 2 is 1.74 bits per heavy atom. The molecule has 0 aliphatic carbocycles. The predicted molar refractivity (Wildman–Crippen MR) is 79.5 cm³/mol. The number of fused-ring (bicyclic) bond motifs is 4. The Hall–Kier alpha value is -2.61. The van der Waals surface area contributed by atoms with Crippen LogP contribution in [0.15, 0.2) is 55.1 Å². The molecule has 19 heavy (non-hydrogen) atoms. The van der Waals surface area contributed by atoms with Crippen molar-refractivity contribution in [1.29, 1.82) is 0 Å². The zero-order valence-corrected chi connectivity index (χ0v) is 10.4. The highest BCUT2D eigenvalue weighted by molar-refractivity contribution is 5.91. The monoisotopic (exact) mass is 244 g/mol. The first kappa shape index (κ1) is 10.3. The molecule has 0 unspecified atom stereocenters. The molecule has 1 aromatic heterocycles. The van der Waals surface area contributed by atoms with Gasteiger partial charge in [-0.2, -0.15) is 0 Å². The van der Waals surface area contributed by atoms with E-state index in [1.165, 1.54) is 5.56 Å². The maximum atomic E-state index is 4.71. The van der Waals surface area contributed by atoms with Gasteiger partial charge >= 0.3 is 0 Å². The normalized spacial score (nSPS) is 13.2. The summed E-state index contributed by atoms with van der Waals surface area (Å²) in [5.41, 5.74) is 5.41. The summed E-state index contributed by atoms with van der Waals surface area (Å²) in [7, 11) is 0. The number of benzene rings is 2. The van der Waals surface area contributed by atoms with E-state index in [2.05, 4.69) is 41.6 Å². The molecule has 0 amide bonds. The maximum Gasteiger partial charge on any atom is 0.145 e. The molecule has 0 radical (unpaired) electrons. The largest absolute Gasteiger partial charge is 0.299 e. The van der Waals surface area contributed by atoms with Gasteiger partial charge in [-0.3, -0.25) is 4.57 Å². The summed E-state index contributed by atoms with van der Waals surface area (Å²) in [6, 6.07) is 16.4. The van der Waals surface area contributed by atoms with Gasteiger partial charge in [-0.15, -0.1) is 0 Å². The zero-order chi connectivity index (χ0) is 12.8. The standard InChI is InChI=1S/C17H12N2/c1-12-14-7-3-2-6-13(14)10-11-19-16-9-5-4-8-15(16)18-17(12)19/h2-11H,1H2. The van der Waals surface area contributed by atoms with E-state index in [0.29, 0.717) is 0 Å². The van der Waals surface area contributed by atoms with Crippen molar-refractivity contribution in [3.63, 3.8) is 0 Å². The molecular weight excluding hydrogens is 232 g/mol. The lowest BCUT2D eigenvalue weighted by Crippen LogP contribution is -1.94. The SMILES string of the molecule is C=C1c2ccccc2C=Cn2c1nc1ccccc12. The van der Waals surface area contributed by atoms with Crippen molar-refractivity contribution in [3.8, 4) is 0 Å². The topological polar surface area (TPSA) is 17.8 Å². The molecule has 4 rings (SSSR count). The number of hydrogen-bond acceptors (Lipinski definition) is 1. The fraction of sp³-hybridized carbons (Fsp3) is 0. The summed E-state index contributed by atoms with van der Waals surface area (Å²) in [5.74, 6) is 0.919. The molecule has 2 heteroatoms. The molecule has 2 heterocycles. The van der Waals surface area contributed by atoms with E-state index in [1.54, 1.807) is 0 Å². The highest BCUT2D eigenvalue weighted by Gasteiger charge is 2.16. The molecule has 0 atom stereocenters. The number of aromatic nitrogens is 2. The van der Waals surface area contributed by atoms with Crippen molar-refractivity contribution in [1.82, 2.24) is 9.55 Å². The number of para-hydroxylation sites is 2. The lowest BCUT2D eigenvalue weighted by molar-refractivity contribution is 1.13. The van der Waals surface area contributed by atoms with Gasteiger partial charge in [0.15, 0.2) is 0 Å². The van der Waals surface area contributed by atoms with Gasteiger partial charge in [0.25, 0.3) is 0 Å². The van der Waals surface area contributed by atoms with Gasteiger partial charge < -0.3 is 0 Å². The van der Waals surface area contributed by atoms with Crippen molar-refractivity contribution in [2.45, 2.75) is 0 Å². The van der Waals surface area contributed by atoms with Gasteiger partial charge in [0, 0.05) is 11.8 Å². The number of nitrogens with zero attached hydrogens (tertiary/aromatic N) is 2. The average molecular weight is 244 g/mol. The molecule has 0 spiro atoms. The van der Waals surface area contributed by atoms with Crippen LogP contribution >= 0.6 is 0 Å². The lowest BCUT2D eigenvalue weighted by Gasteiger charge is -2.05. The Morgan fingerprint density at radius 3 is 2.68 bits per heavy atom. The Bertz CT molecular complexity index is 837. The maximum absolute atomic E-state index is 4.71. The van der Waals surface area contributed by atoms with Gasteiger partial charge in [-0.25, -0.2) is 4.98 Å². The van der Waals surface area contributed by atoms with Crippen LogP contribution in [0, 0.1) is 0 Å². The Morgan fingerprint density at radius 1 is 0.947 bits per heavy atom. The minimum Gasteiger partial charge on any atom is -0.299 e. The minimum absolute atomic E-state index is 0.919. The lowest BCUT2D eigenvalue weighted by atomic mass is 10.0. The van der Waals surface area contributed by atoms with E-state index in [-0.39, 0.29) is 0 Å². The molecule has 2 aromatic carbocycles. The first-order valence-electron chi connectivity index (χ1n) is 6.28. The second-order valence-corrected chi connectivity index (χ2v) is 4.68. The van der Waals surface area contributed by atoms with Crippen molar-refractivity contribution >= 4 is 28.9 Å². The van der Waals surface area contributed by atoms with Crippen LogP contribution in [0.5, 0.6) is 0 Å². The second kappa shape index (κ2) is 3.69. The van der Waals surface area contributed by atoms with Gasteiger partial charge in [0.05, 0.1) is 11.0 Å². The van der Waals surface area contributed by atoms with Crippen LogP contribution in [-0.4, -0.2) is 9.55 Å². The molecule has 0 saturated heterocycles. The molecule has 3 aromatic rings. The summed E-state index contributed by atoms with van der Waals surface area (Å²) in [5, 5.41) is 0. The third-order valence-corrected chi connectivity index (χ3v) is 3.55. The van der Waals surface area contributed by atoms with E-state index >= 15 is 0 Å². The minimum atomic E-state index is 0.919. The summed E-state index contributed by atoms with van der Waals surface area (Å²) in [6.07, 6.45) is 4.19. The zero-order valence-electron chi connectivity index (χ0n) is 10.4. The quantitative estimate of drug-likeness (QED) is 0.456. The summed E-state index contributed by atoms with van der Waals surface area (Å²) < 4.78 is 2.11. The molecule has 2 nitrogen and oxygen atoms in total. The van der Waals surface area contributed by atoms with Crippen molar-refractivity contribution in [2.24, 2.45) is 0 Å². The highest BCUT2D eigenvalue weighted by Crippen LogP contribution is 2.31. The fourth-order valence-corrected chi connectivity index (χ4v) is 2.60. The summed E-state index contributed by atoms with van der Waals surface area (Å²) >= 11 is 0. The van der Waals surface area contributed by atoms with Crippen molar-refractivity contribution in [2.75, 3.05) is 0 Å². The third-order valence-electron chi connectivity index (χ3n) is 3.55. The summed E-state index contributed by atoms with van der Waals surface area (Å²) in [6.45, 7) is 4.23. The first-order valence-corrected chi connectivity index (χ1v) is 6.28. The number of imidazole rings is 1. The average Bonchev–Trinajstić information content (AvgIpc) is 2.77. The van der Waals surface area contributed by atoms with Crippen molar-refractivity contribution in [3.05, 3.63) is 72.1 Å². The van der Waals surface area contributed by atoms with E-state index in [4.69, 9.17) is 4.98 Å². The van der Waals surface area contributed by atoms with E-state index in [9.17, 15) is 0 Å². The molecule has 90 valence electrons. The molecular formula is C17H12N2. The van der Waals surface area contributed by atoms with Gasteiger partial charge in [0.1, 0.15) is 5.82 Å². The van der Waals surface area contributed by atoms with Crippen LogP contribution in [0.4, 0.5) is 0 Å².